The highest BCUT2D eigenvalue weighted by Crippen LogP contribution is 2.19. The Labute approximate surface area is 133 Å². The first kappa shape index (κ1) is 18.0. The van der Waals surface area contributed by atoms with Crippen LogP contribution in [0.5, 0.6) is 0 Å². The van der Waals surface area contributed by atoms with Crippen molar-refractivity contribution >= 4 is 34.8 Å². The lowest BCUT2D eigenvalue weighted by Gasteiger charge is -1.99. The topological polar surface area (TPSA) is 66.2 Å². The lowest BCUT2D eigenvalue weighted by Crippen LogP contribution is -1.91. The van der Waals surface area contributed by atoms with E-state index in [-0.39, 0.29) is 34.2 Å². The van der Waals surface area contributed by atoms with Crippen LogP contribution in [0, 0.1) is 11.6 Å². The number of aromatic nitrogens is 2. The van der Waals surface area contributed by atoms with Crippen molar-refractivity contribution in [3.05, 3.63) is 56.6 Å². The van der Waals surface area contributed by atoms with Crippen LogP contribution in [-0.2, 0) is 13.2 Å². The van der Waals surface area contributed by atoms with Crippen molar-refractivity contribution in [1.29, 1.82) is 0 Å². The van der Waals surface area contributed by atoms with E-state index in [1.165, 1.54) is 6.20 Å². The molecular formula is C12H9Cl3F2N2O2. The molecule has 0 amide bonds. The van der Waals surface area contributed by atoms with Crippen LogP contribution in [-0.4, -0.2) is 20.2 Å². The highest BCUT2D eigenvalue weighted by atomic mass is 35.5. The van der Waals surface area contributed by atoms with E-state index in [1.807, 2.05) is 0 Å². The molecule has 0 aliphatic heterocycles. The maximum Gasteiger partial charge on any atom is 0.166 e. The molecule has 0 atom stereocenters. The summed E-state index contributed by atoms with van der Waals surface area (Å²) in [5, 5.41) is 16.7. The van der Waals surface area contributed by atoms with Gasteiger partial charge in [0.25, 0.3) is 0 Å². The van der Waals surface area contributed by atoms with Crippen molar-refractivity contribution in [2.45, 2.75) is 13.2 Å². The van der Waals surface area contributed by atoms with Crippen molar-refractivity contribution in [3.63, 3.8) is 0 Å². The Morgan fingerprint density at radius 1 is 0.905 bits per heavy atom. The third-order valence-electron chi connectivity index (χ3n) is 2.17. The van der Waals surface area contributed by atoms with E-state index in [0.717, 1.165) is 12.1 Å². The Balaban J connectivity index is 0.000000211. The maximum atomic E-state index is 12.6. The number of rotatable bonds is 2. The fraction of sp³-hybridized carbons (Fsp3) is 0.167. The predicted octanol–water partition coefficient (Wildman–Crippen LogP) is 3.39. The van der Waals surface area contributed by atoms with Gasteiger partial charge in [-0.25, -0.2) is 18.7 Å². The smallest absolute Gasteiger partial charge is 0.166 e. The summed E-state index contributed by atoms with van der Waals surface area (Å²) in [6.07, 6.45) is 1.32. The van der Waals surface area contributed by atoms with Gasteiger partial charge in [-0.1, -0.05) is 34.8 Å². The second-order valence-electron chi connectivity index (χ2n) is 3.64. The van der Waals surface area contributed by atoms with Crippen molar-refractivity contribution in [2.24, 2.45) is 0 Å². The van der Waals surface area contributed by atoms with Crippen LogP contribution in [0.3, 0.4) is 0 Å². The minimum atomic E-state index is -0.680. The summed E-state index contributed by atoms with van der Waals surface area (Å²) in [5.74, 6) is -1.28. The van der Waals surface area contributed by atoms with Gasteiger partial charge in [0.2, 0.25) is 0 Å². The summed E-state index contributed by atoms with van der Waals surface area (Å²) >= 11 is 16.0. The molecule has 2 aromatic heterocycles. The Kier molecular flexibility index (Phi) is 7.21. The maximum absolute atomic E-state index is 12.6. The third kappa shape index (κ3) is 5.33. The predicted molar refractivity (Wildman–Crippen MR) is 75.3 cm³/mol. The van der Waals surface area contributed by atoms with Gasteiger partial charge >= 0.3 is 0 Å². The molecule has 0 unspecified atom stereocenters. The number of nitrogens with zero attached hydrogens (tertiary/aromatic N) is 2. The Morgan fingerprint density at radius 2 is 1.52 bits per heavy atom. The third-order valence-corrected chi connectivity index (χ3v) is 3.04. The quantitative estimate of drug-likeness (QED) is 0.809. The number of pyridine rings is 2. The van der Waals surface area contributed by atoms with E-state index < -0.39 is 11.6 Å². The molecule has 0 bridgehead atoms. The van der Waals surface area contributed by atoms with Crippen molar-refractivity contribution in [3.8, 4) is 0 Å². The van der Waals surface area contributed by atoms with E-state index >= 15 is 0 Å². The second-order valence-corrected chi connectivity index (χ2v) is 4.72. The standard InChI is InChI=1S/C6H4Cl2FNO.C6H5ClFNO/c7-5-3(2-11)1-4(9)6(8)10-5;7-6-5(8)1-4(3-10)2-9-6/h1,11H,2H2;1-2,10H,3H2. The van der Waals surface area contributed by atoms with E-state index in [2.05, 4.69) is 9.97 Å². The van der Waals surface area contributed by atoms with Gasteiger partial charge in [-0.15, -0.1) is 0 Å². The minimum Gasteiger partial charge on any atom is -0.392 e. The van der Waals surface area contributed by atoms with E-state index in [0.29, 0.717) is 5.56 Å². The first-order valence-electron chi connectivity index (χ1n) is 5.41. The molecule has 0 spiro atoms. The Bertz CT molecular complexity index is 630. The molecule has 21 heavy (non-hydrogen) atoms. The molecule has 9 heteroatoms. The summed E-state index contributed by atoms with van der Waals surface area (Å²) in [6.45, 7) is -0.568. The molecule has 0 aromatic carbocycles. The van der Waals surface area contributed by atoms with Crippen molar-refractivity contribution < 1.29 is 19.0 Å². The second kappa shape index (κ2) is 8.41. The molecule has 2 N–H and O–H groups in total. The highest BCUT2D eigenvalue weighted by molar-refractivity contribution is 6.32. The zero-order valence-corrected chi connectivity index (χ0v) is 12.6. The Hall–Kier alpha value is -1.05. The van der Waals surface area contributed by atoms with Crippen LogP contribution in [0.15, 0.2) is 18.3 Å². The van der Waals surface area contributed by atoms with E-state index in [1.54, 1.807) is 0 Å². The number of aliphatic hydroxyl groups is 2. The van der Waals surface area contributed by atoms with Crippen LogP contribution < -0.4 is 0 Å². The van der Waals surface area contributed by atoms with Gasteiger partial charge in [-0.05, 0) is 17.7 Å². The van der Waals surface area contributed by atoms with Gasteiger partial charge < -0.3 is 10.2 Å². The van der Waals surface area contributed by atoms with Crippen LogP contribution >= 0.6 is 34.8 Å². The SMILES string of the molecule is OCc1cc(F)c(Cl)nc1Cl.OCc1cnc(Cl)c(F)c1. The summed E-state index contributed by atoms with van der Waals surface area (Å²) in [5.41, 5.74) is 0.649. The summed E-state index contributed by atoms with van der Waals surface area (Å²) in [4.78, 5) is 6.92. The Morgan fingerprint density at radius 3 is 2.05 bits per heavy atom. The van der Waals surface area contributed by atoms with Crippen LogP contribution in [0.1, 0.15) is 11.1 Å². The molecule has 4 nitrogen and oxygen atoms in total. The van der Waals surface area contributed by atoms with Gasteiger partial charge in [-0.3, -0.25) is 0 Å². The fourth-order valence-electron chi connectivity index (χ4n) is 1.14. The van der Waals surface area contributed by atoms with Crippen LogP contribution in [0.2, 0.25) is 15.5 Å². The van der Waals surface area contributed by atoms with Gasteiger partial charge in [0, 0.05) is 11.8 Å². The molecule has 0 saturated carbocycles. The molecule has 2 rings (SSSR count). The number of aliphatic hydroxyl groups excluding tert-OH is 2. The first-order valence-corrected chi connectivity index (χ1v) is 6.54. The van der Waals surface area contributed by atoms with Gasteiger partial charge in [0.1, 0.15) is 5.15 Å². The molecule has 2 heterocycles. The molecule has 0 aliphatic carbocycles. The average molecular weight is 358 g/mol. The highest BCUT2D eigenvalue weighted by Gasteiger charge is 2.06. The van der Waals surface area contributed by atoms with Gasteiger partial charge in [-0.2, -0.15) is 0 Å². The van der Waals surface area contributed by atoms with Crippen molar-refractivity contribution in [1.82, 2.24) is 9.97 Å². The van der Waals surface area contributed by atoms with Crippen molar-refractivity contribution in [2.75, 3.05) is 0 Å². The van der Waals surface area contributed by atoms with E-state index in [9.17, 15) is 8.78 Å². The number of halogens is 5. The lowest BCUT2D eigenvalue weighted by atomic mass is 10.3. The molecule has 0 saturated heterocycles. The molecule has 0 aliphatic rings. The summed E-state index contributed by atoms with van der Waals surface area (Å²) in [6, 6.07) is 2.20. The summed E-state index contributed by atoms with van der Waals surface area (Å²) in [7, 11) is 0. The lowest BCUT2D eigenvalue weighted by molar-refractivity contribution is 0.280. The van der Waals surface area contributed by atoms with Gasteiger partial charge in [0.15, 0.2) is 21.9 Å². The number of hydrogen-bond donors (Lipinski definition) is 2. The molecule has 0 radical (unpaired) electrons. The monoisotopic (exact) mass is 356 g/mol. The molecular weight excluding hydrogens is 348 g/mol. The fourth-order valence-corrected chi connectivity index (χ4v) is 1.63. The zero-order chi connectivity index (χ0) is 16.0. The summed E-state index contributed by atoms with van der Waals surface area (Å²) < 4.78 is 25.0. The molecule has 114 valence electrons. The molecule has 0 fully saturated rings. The number of hydrogen-bond acceptors (Lipinski definition) is 4. The molecule has 2 aromatic rings. The average Bonchev–Trinajstić information content (AvgIpc) is 2.46. The van der Waals surface area contributed by atoms with E-state index in [4.69, 9.17) is 45.0 Å². The van der Waals surface area contributed by atoms with Crippen LogP contribution in [0.25, 0.3) is 0 Å². The largest absolute Gasteiger partial charge is 0.392 e. The first-order chi connectivity index (χ1) is 9.88. The zero-order valence-electron chi connectivity index (χ0n) is 10.3. The normalized spacial score (nSPS) is 10.0. The van der Waals surface area contributed by atoms with Crippen LogP contribution in [0.4, 0.5) is 8.78 Å². The minimum absolute atomic E-state index is 0.0268. The van der Waals surface area contributed by atoms with Gasteiger partial charge in [0.05, 0.1) is 13.2 Å².